The molecule has 0 saturated carbocycles. The van der Waals surface area contributed by atoms with E-state index >= 15 is 0 Å². The minimum Gasteiger partial charge on any atom is -0.444 e. The molecule has 100 valence electrons. The molecule has 1 N–H and O–H groups in total. The maximum absolute atomic E-state index is 11.9. The number of hydrogen-bond donors (Lipinski definition) is 1. The van der Waals surface area contributed by atoms with Gasteiger partial charge in [0.1, 0.15) is 0 Å². The minimum atomic E-state index is -0.248. The van der Waals surface area contributed by atoms with Crippen LogP contribution in [-0.2, 0) is 0 Å². The molecule has 0 aliphatic heterocycles. The second-order valence-corrected chi connectivity index (χ2v) is 5.27. The van der Waals surface area contributed by atoms with Crippen LogP contribution in [0.2, 0.25) is 0 Å². The van der Waals surface area contributed by atoms with E-state index in [0.29, 0.717) is 10.6 Å². The van der Waals surface area contributed by atoms with Gasteiger partial charge in [0.15, 0.2) is 10.4 Å². The predicted molar refractivity (Wildman–Crippen MR) is 79.5 cm³/mol. The number of nitrogens with one attached hydrogen (secondary N) is 1. The highest BCUT2D eigenvalue weighted by molar-refractivity contribution is 9.10. The molecule has 1 amide bonds. The lowest BCUT2D eigenvalue weighted by atomic mass is 9.99. The summed E-state index contributed by atoms with van der Waals surface area (Å²) in [6.45, 7) is 4.35. The van der Waals surface area contributed by atoms with Crippen molar-refractivity contribution < 1.29 is 9.21 Å². The molecule has 1 aromatic carbocycles. The zero-order valence-electron chi connectivity index (χ0n) is 10.9. The first-order valence-electron chi connectivity index (χ1n) is 6.26. The Morgan fingerprint density at radius 3 is 2.47 bits per heavy atom. The van der Waals surface area contributed by atoms with Crippen molar-refractivity contribution in [1.82, 2.24) is 0 Å². The Kier molecular flexibility index (Phi) is 4.43. The predicted octanol–water partition coefficient (Wildman–Crippen LogP) is 4.81. The maximum Gasteiger partial charge on any atom is 0.291 e. The molecule has 0 radical (unpaired) electrons. The lowest BCUT2D eigenvalue weighted by molar-refractivity contribution is 0.0995. The van der Waals surface area contributed by atoms with Gasteiger partial charge in [0, 0.05) is 5.69 Å². The number of furan rings is 1. The minimum absolute atomic E-state index is 0.248. The van der Waals surface area contributed by atoms with Gasteiger partial charge in [0.2, 0.25) is 0 Å². The molecule has 1 atom stereocenters. The fourth-order valence-corrected chi connectivity index (χ4v) is 2.07. The van der Waals surface area contributed by atoms with Crippen LogP contribution in [0.3, 0.4) is 0 Å². The molecule has 0 aliphatic carbocycles. The van der Waals surface area contributed by atoms with E-state index in [1.807, 2.05) is 24.3 Å². The molecule has 1 heterocycles. The van der Waals surface area contributed by atoms with Crippen molar-refractivity contribution in [2.24, 2.45) is 0 Å². The Labute approximate surface area is 121 Å². The van der Waals surface area contributed by atoms with E-state index in [1.54, 1.807) is 12.1 Å². The molecule has 1 aromatic heterocycles. The fraction of sp³-hybridized carbons (Fsp3) is 0.267. The largest absolute Gasteiger partial charge is 0.444 e. The molecule has 0 spiro atoms. The van der Waals surface area contributed by atoms with Crippen molar-refractivity contribution in [1.29, 1.82) is 0 Å². The van der Waals surface area contributed by atoms with Gasteiger partial charge in [-0.3, -0.25) is 4.79 Å². The van der Waals surface area contributed by atoms with Crippen LogP contribution in [0.25, 0.3) is 0 Å². The van der Waals surface area contributed by atoms with Gasteiger partial charge < -0.3 is 9.73 Å². The fourth-order valence-electron chi connectivity index (χ4n) is 1.76. The van der Waals surface area contributed by atoms with E-state index in [-0.39, 0.29) is 11.7 Å². The number of amides is 1. The molecule has 0 fully saturated rings. The van der Waals surface area contributed by atoms with Crippen LogP contribution in [0.1, 0.15) is 42.3 Å². The van der Waals surface area contributed by atoms with Crippen molar-refractivity contribution in [3.8, 4) is 0 Å². The van der Waals surface area contributed by atoms with Crippen LogP contribution >= 0.6 is 15.9 Å². The van der Waals surface area contributed by atoms with Gasteiger partial charge in [-0.2, -0.15) is 0 Å². The van der Waals surface area contributed by atoms with E-state index < -0.39 is 0 Å². The first kappa shape index (κ1) is 13.9. The highest BCUT2D eigenvalue weighted by Gasteiger charge is 2.10. The normalized spacial score (nSPS) is 12.2. The zero-order chi connectivity index (χ0) is 13.8. The van der Waals surface area contributed by atoms with E-state index in [1.165, 1.54) is 5.56 Å². The Morgan fingerprint density at radius 2 is 1.95 bits per heavy atom. The third-order valence-electron chi connectivity index (χ3n) is 3.15. The van der Waals surface area contributed by atoms with Crippen LogP contribution in [0.5, 0.6) is 0 Å². The number of carbonyl (C=O) groups is 1. The van der Waals surface area contributed by atoms with Crippen molar-refractivity contribution in [2.45, 2.75) is 26.2 Å². The zero-order valence-corrected chi connectivity index (χ0v) is 12.5. The monoisotopic (exact) mass is 321 g/mol. The molecular formula is C15H16BrNO2. The van der Waals surface area contributed by atoms with Crippen LogP contribution < -0.4 is 5.32 Å². The van der Waals surface area contributed by atoms with Gasteiger partial charge in [-0.15, -0.1) is 0 Å². The topological polar surface area (TPSA) is 42.2 Å². The summed E-state index contributed by atoms with van der Waals surface area (Å²) in [5.41, 5.74) is 2.05. The number of halogens is 1. The summed E-state index contributed by atoms with van der Waals surface area (Å²) in [5, 5.41) is 2.80. The summed E-state index contributed by atoms with van der Waals surface area (Å²) in [6.07, 6.45) is 1.10. The van der Waals surface area contributed by atoms with Crippen molar-refractivity contribution in [3.05, 3.63) is 52.4 Å². The first-order valence-corrected chi connectivity index (χ1v) is 7.06. The second kappa shape index (κ2) is 6.06. The Hall–Kier alpha value is -1.55. The van der Waals surface area contributed by atoms with Gasteiger partial charge in [-0.25, -0.2) is 0 Å². The lowest BCUT2D eigenvalue weighted by Crippen LogP contribution is -2.10. The average molecular weight is 322 g/mol. The van der Waals surface area contributed by atoms with Gasteiger partial charge in [-0.1, -0.05) is 26.0 Å². The van der Waals surface area contributed by atoms with Gasteiger partial charge in [-0.05, 0) is 58.1 Å². The molecule has 2 rings (SSSR count). The summed E-state index contributed by atoms with van der Waals surface area (Å²) in [4.78, 5) is 11.9. The molecular weight excluding hydrogens is 306 g/mol. The van der Waals surface area contributed by atoms with Crippen molar-refractivity contribution in [3.63, 3.8) is 0 Å². The summed E-state index contributed by atoms with van der Waals surface area (Å²) < 4.78 is 5.75. The molecule has 0 bridgehead atoms. The van der Waals surface area contributed by atoms with Crippen molar-refractivity contribution >= 4 is 27.5 Å². The third kappa shape index (κ3) is 3.47. The Bertz CT molecular complexity index is 560. The van der Waals surface area contributed by atoms with E-state index in [4.69, 9.17) is 4.42 Å². The molecule has 19 heavy (non-hydrogen) atoms. The summed E-state index contributed by atoms with van der Waals surface area (Å²) in [7, 11) is 0. The highest BCUT2D eigenvalue weighted by atomic mass is 79.9. The molecule has 0 saturated heterocycles. The third-order valence-corrected chi connectivity index (χ3v) is 3.57. The quantitative estimate of drug-likeness (QED) is 0.878. The van der Waals surface area contributed by atoms with Crippen LogP contribution in [0.4, 0.5) is 5.69 Å². The second-order valence-electron chi connectivity index (χ2n) is 4.49. The molecule has 2 aromatic rings. The molecule has 4 heteroatoms. The summed E-state index contributed by atoms with van der Waals surface area (Å²) >= 11 is 3.17. The average Bonchev–Trinajstić information content (AvgIpc) is 2.85. The van der Waals surface area contributed by atoms with Crippen LogP contribution in [-0.4, -0.2) is 5.91 Å². The van der Waals surface area contributed by atoms with Gasteiger partial charge in [0.25, 0.3) is 5.91 Å². The number of hydrogen-bond acceptors (Lipinski definition) is 2. The summed E-state index contributed by atoms with van der Waals surface area (Å²) in [6, 6.07) is 11.2. The van der Waals surface area contributed by atoms with E-state index in [2.05, 4.69) is 35.1 Å². The standard InChI is InChI=1S/C15H16BrNO2/c1-3-10(2)11-4-6-12(7-5-11)17-15(18)13-8-9-14(16)19-13/h4-10H,3H2,1-2H3,(H,17,18). The van der Waals surface area contributed by atoms with Crippen LogP contribution in [0, 0.1) is 0 Å². The van der Waals surface area contributed by atoms with Gasteiger partial charge in [0.05, 0.1) is 0 Å². The number of benzene rings is 1. The summed E-state index contributed by atoms with van der Waals surface area (Å²) in [5.74, 6) is 0.575. The highest BCUT2D eigenvalue weighted by Crippen LogP contribution is 2.21. The smallest absolute Gasteiger partial charge is 0.291 e. The first-order chi connectivity index (χ1) is 9.10. The number of carbonyl (C=O) groups excluding carboxylic acids is 1. The molecule has 0 aliphatic rings. The number of rotatable bonds is 4. The number of anilines is 1. The SMILES string of the molecule is CCC(C)c1ccc(NC(=O)c2ccc(Br)o2)cc1. The van der Waals surface area contributed by atoms with Crippen molar-refractivity contribution in [2.75, 3.05) is 5.32 Å². The van der Waals surface area contributed by atoms with E-state index in [0.717, 1.165) is 12.1 Å². The van der Waals surface area contributed by atoms with Gasteiger partial charge >= 0.3 is 0 Å². The Balaban J connectivity index is 2.05. The lowest BCUT2D eigenvalue weighted by Gasteiger charge is -2.10. The van der Waals surface area contributed by atoms with Crippen LogP contribution in [0.15, 0.2) is 45.5 Å². The van der Waals surface area contributed by atoms with E-state index in [9.17, 15) is 4.79 Å². The Morgan fingerprint density at radius 1 is 1.26 bits per heavy atom. The molecule has 1 unspecified atom stereocenters. The maximum atomic E-state index is 11.9. The molecule has 3 nitrogen and oxygen atoms in total.